The number of rotatable bonds is 3. The Hall–Kier alpha value is -6.51. The molecule has 0 aliphatic heterocycles. The van der Waals surface area contributed by atoms with Crippen molar-refractivity contribution in [3.63, 3.8) is 0 Å². The van der Waals surface area contributed by atoms with E-state index in [0.29, 0.717) is 0 Å². The molecular weight excluding hydrogens is 593 g/mol. The summed E-state index contributed by atoms with van der Waals surface area (Å²) in [5.74, 6) is 0.942. The Labute approximate surface area is 282 Å². The van der Waals surface area contributed by atoms with E-state index in [0.717, 1.165) is 28.1 Å². The molecule has 0 bridgehead atoms. The Bertz CT molecular complexity index is 3090. The Morgan fingerprint density at radius 2 is 0.898 bits per heavy atom. The van der Waals surface area contributed by atoms with Crippen molar-refractivity contribution in [2.24, 2.45) is 0 Å². The first-order valence-corrected chi connectivity index (χ1v) is 16.9. The van der Waals surface area contributed by atoms with Gasteiger partial charge in [0.15, 0.2) is 0 Å². The van der Waals surface area contributed by atoms with Crippen LogP contribution in [0.5, 0.6) is 0 Å². The molecule has 226 valence electrons. The highest BCUT2D eigenvalue weighted by atomic mass is 15.1. The maximum absolute atomic E-state index is 5.11. The molecule has 0 N–H and O–H groups in total. The van der Waals surface area contributed by atoms with Crippen LogP contribution in [-0.4, -0.2) is 9.55 Å². The summed E-state index contributed by atoms with van der Waals surface area (Å²) in [5, 5.41) is 15.5. The molecule has 0 radical (unpaired) electrons. The van der Waals surface area contributed by atoms with Gasteiger partial charge in [0.05, 0.1) is 11.0 Å². The molecule has 11 aromatic rings. The minimum Gasteiger partial charge on any atom is -0.292 e. The van der Waals surface area contributed by atoms with Gasteiger partial charge in [-0.25, -0.2) is 4.98 Å². The van der Waals surface area contributed by atoms with Gasteiger partial charge in [-0.05, 0) is 112 Å². The number of benzene rings is 9. The number of hydrogen-bond acceptors (Lipinski definition) is 1. The molecule has 0 unspecified atom stereocenters. The summed E-state index contributed by atoms with van der Waals surface area (Å²) >= 11 is 0. The van der Waals surface area contributed by atoms with Crippen LogP contribution in [0.4, 0.5) is 0 Å². The molecule has 49 heavy (non-hydrogen) atoms. The SMILES string of the molecule is c1ccc(-c2nc3ccccc3n2-c2cccc(-c3cc4ccc5cccc6c7cccc8ccc9cccc(c(c3)c4c56)c9c87)c2)cc1. The smallest absolute Gasteiger partial charge is 0.145 e. The van der Waals surface area contributed by atoms with Crippen molar-refractivity contribution in [3.05, 3.63) is 170 Å². The van der Waals surface area contributed by atoms with Gasteiger partial charge in [-0.2, -0.15) is 0 Å². The molecule has 0 saturated heterocycles. The molecule has 0 spiro atoms. The molecule has 2 heteroatoms. The molecule has 0 amide bonds. The lowest BCUT2D eigenvalue weighted by Crippen LogP contribution is -1.98. The maximum Gasteiger partial charge on any atom is 0.145 e. The van der Waals surface area contributed by atoms with Crippen molar-refractivity contribution in [3.8, 4) is 28.2 Å². The van der Waals surface area contributed by atoms with Crippen molar-refractivity contribution in [1.29, 1.82) is 0 Å². The van der Waals surface area contributed by atoms with Gasteiger partial charge in [-0.3, -0.25) is 4.57 Å². The zero-order valence-electron chi connectivity index (χ0n) is 26.6. The molecule has 11 rings (SSSR count). The van der Waals surface area contributed by atoms with Crippen LogP contribution in [0.1, 0.15) is 0 Å². The molecule has 1 heterocycles. The zero-order valence-corrected chi connectivity index (χ0v) is 26.6. The molecular formula is C47H28N2. The second-order valence-corrected chi connectivity index (χ2v) is 13.1. The van der Waals surface area contributed by atoms with E-state index in [2.05, 4.69) is 174 Å². The number of nitrogens with zero attached hydrogens (tertiary/aromatic N) is 2. The lowest BCUT2D eigenvalue weighted by Gasteiger charge is -2.17. The molecule has 0 saturated carbocycles. The molecule has 2 nitrogen and oxygen atoms in total. The number of aromatic nitrogens is 2. The molecule has 0 aliphatic carbocycles. The quantitative estimate of drug-likeness (QED) is 0.180. The van der Waals surface area contributed by atoms with Gasteiger partial charge in [-0.1, -0.05) is 133 Å². The second-order valence-electron chi connectivity index (χ2n) is 13.1. The van der Waals surface area contributed by atoms with Gasteiger partial charge in [-0.15, -0.1) is 0 Å². The minimum atomic E-state index is 0.942. The van der Waals surface area contributed by atoms with Crippen LogP contribution < -0.4 is 0 Å². The third kappa shape index (κ3) is 3.80. The standard InChI is InChI=1S/C47H28N2/c1-2-10-32(11-3-1)47-48-41-20-4-5-21-42(41)49(47)36-16-6-15-33(27-36)35-26-34-25-24-31-13-8-18-38-37-17-7-12-29-22-23-30-14-9-19-39(45(30)43(29)37)40(28-35)46(34)44(31)38/h1-28H. The molecule has 1 aromatic heterocycles. The number of imidazole rings is 1. The Morgan fingerprint density at radius 1 is 0.347 bits per heavy atom. The summed E-state index contributed by atoms with van der Waals surface area (Å²) in [7, 11) is 0. The van der Waals surface area contributed by atoms with Crippen LogP contribution in [0.25, 0.3) is 104 Å². The number of hydrogen-bond donors (Lipinski definition) is 0. The monoisotopic (exact) mass is 620 g/mol. The van der Waals surface area contributed by atoms with Gasteiger partial charge in [0.2, 0.25) is 0 Å². The first-order chi connectivity index (χ1) is 24.3. The third-order valence-electron chi connectivity index (χ3n) is 10.5. The molecule has 10 aromatic carbocycles. The predicted octanol–water partition coefficient (Wildman–Crippen LogP) is 12.7. The third-order valence-corrected chi connectivity index (χ3v) is 10.5. The topological polar surface area (TPSA) is 17.8 Å². The van der Waals surface area contributed by atoms with E-state index in [1.807, 2.05) is 0 Å². The summed E-state index contributed by atoms with van der Waals surface area (Å²) < 4.78 is 2.30. The molecule has 0 fully saturated rings. The van der Waals surface area contributed by atoms with Crippen LogP contribution in [0.2, 0.25) is 0 Å². The van der Waals surface area contributed by atoms with Gasteiger partial charge in [0.1, 0.15) is 5.82 Å². The van der Waals surface area contributed by atoms with Crippen molar-refractivity contribution in [2.45, 2.75) is 0 Å². The molecule has 0 aliphatic rings. The average molecular weight is 621 g/mol. The fraction of sp³-hybridized carbons (Fsp3) is 0. The lowest BCUT2D eigenvalue weighted by molar-refractivity contribution is 1.10. The number of para-hydroxylation sites is 2. The Kier molecular flexibility index (Phi) is 5.42. The average Bonchev–Trinajstić information content (AvgIpc) is 3.56. The predicted molar refractivity (Wildman–Crippen MR) is 208 cm³/mol. The van der Waals surface area contributed by atoms with Crippen LogP contribution in [-0.2, 0) is 0 Å². The highest BCUT2D eigenvalue weighted by molar-refractivity contribution is 6.37. The summed E-state index contributed by atoms with van der Waals surface area (Å²) in [6, 6.07) is 62.2. The van der Waals surface area contributed by atoms with Gasteiger partial charge in [0, 0.05) is 11.3 Å². The summed E-state index contributed by atoms with van der Waals surface area (Å²) in [5.41, 5.74) is 6.64. The fourth-order valence-corrected chi connectivity index (χ4v) is 8.34. The van der Waals surface area contributed by atoms with Gasteiger partial charge in [0.25, 0.3) is 0 Å². The van der Waals surface area contributed by atoms with Gasteiger partial charge < -0.3 is 0 Å². The van der Waals surface area contributed by atoms with Crippen molar-refractivity contribution < 1.29 is 0 Å². The van der Waals surface area contributed by atoms with Gasteiger partial charge >= 0.3 is 0 Å². The largest absolute Gasteiger partial charge is 0.292 e. The lowest BCUT2D eigenvalue weighted by atomic mass is 9.86. The van der Waals surface area contributed by atoms with E-state index in [4.69, 9.17) is 4.98 Å². The fourth-order valence-electron chi connectivity index (χ4n) is 8.34. The summed E-state index contributed by atoms with van der Waals surface area (Å²) in [6.45, 7) is 0. The van der Waals surface area contributed by atoms with Crippen molar-refractivity contribution in [2.75, 3.05) is 0 Å². The highest BCUT2D eigenvalue weighted by Crippen LogP contribution is 2.44. The second kappa shape index (κ2) is 10.00. The van der Waals surface area contributed by atoms with Crippen molar-refractivity contribution in [1.82, 2.24) is 9.55 Å². The first-order valence-electron chi connectivity index (χ1n) is 16.9. The Morgan fingerprint density at radius 3 is 1.59 bits per heavy atom. The van der Waals surface area contributed by atoms with Crippen molar-refractivity contribution >= 4 is 75.7 Å². The summed E-state index contributed by atoms with van der Waals surface area (Å²) in [6.07, 6.45) is 0. The van der Waals surface area contributed by atoms with Crippen LogP contribution >= 0.6 is 0 Å². The van der Waals surface area contributed by atoms with E-state index in [1.54, 1.807) is 0 Å². The normalized spacial score (nSPS) is 12.1. The highest BCUT2D eigenvalue weighted by Gasteiger charge is 2.18. The zero-order chi connectivity index (χ0) is 32.1. The van der Waals surface area contributed by atoms with E-state index >= 15 is 0 Å². The van der Waals surface area contributed by atoms with E-state index in [-0.39, 0.29) is 0 Å². The van der Waals surface area contributed by atoms with E-state index < -0.39 is 0 Å². The molecule has 0 atom stereocenters. The summed E-state index contributed by atoms with van der Waals surface area (Å²) in [4.78, 5) is 5.11. The minimum absolute atomic E-state index is 0.942. The Balaban J connectivity index is 1.25. The van der Waals surface area contributed by atoms with E-state index in [1.165, 1.54) is 75.8 Å². The van der Waals surface area contributed by atoms with Crippen LogP contribution in [0, 0.1) is 0 Å². The maximum atomic E-state index is 5.11. The first kappa shape index (κ1) is 26.5. The van der Waals surface area contributed by atoms with E-state index in [9.17, 15) is 0 Å². The number of fused-ring (bicyclic) bond motifs is 3. The van der Waals surface area contributed by atoms with Crippen LogP contribution in [0.3, 0.4) is 0 Å². The van der Waals surface area contributed by atoms with Crippen LogP contribution in [0.15, 0.2) is 170 Å².